The van der Waals surface area contributed by atoms with Crippen molar-refractivity contribution in [3.63, 3.8) is 0 Å². The lowest BCUT2D eigenvalue weighted by Gasteiger charge is -2.65. The van der Waals surface area contributed by atoms with E-state index in [1.807, 2.05) is 6.92 Å². The molecule has 3 aliphatic rings. The van der Waals surface area contributed by atoms with Crippen LogP contribution in [0.15, 0.2) is 0 Å². The number of fused-ring (bicyclic) bond motifs is 3. The molecule has 0 bridgehead atoms. The van der Waals surface area contributed by atoms with Crippen LogP contribution >= 0.6 is 0 Å². The highest BCUT2D eigenvalue weighted by atomic mass is 16.3. The van der Waals surface area contributed by atoms with Crippen molar-refractivity contribution in [1.29, 1.82) is 0 Å². The van der Waals surface area contributed by atoms with Crippen LogP contribution in [0.2, 0.25) is 0 Å². The Labute approximate surface area is 141 Å². The summed E-state index contributed by atoms with van der Waals surface area (Å²) in [5.41, 5.74) is -0.421. The molecule has 0 unspecified atom stereocenters. The smallest absolute Gasteiger partial charge is 0.0825 e. The van der Waals surface area contributed by atoms with Crippen molar-refractivity contribution in [3.05, 3.63) is 0 Å². The molecule has 0 amide bonds. The van der Waals surface area contributed by atoms with E-state index in [0.717, 1.165) is 25.7 Å². The summed E-state index contributed by atoms with van der Waals surface area (Å²) in [7, 11) is 0. The van der Waals surface area contributed by atoms with E-state index < -0.39 is 11.7 Å². The molecule has 3 fully saturated rings. The standard InChI is InChI=1S/C20H36O3/c1-17(2)8-5-9-19(4)14(17)7-11-20(23)13-18(3,16(22)12-21)10-6-15(19)20/h14-16,21-23H,5-13H2,1-4H3/t14-,15+,16+,18-,19-,20+/m1/s1. The quantitative estimate of drug-likeness (QED) is 0.728. The van der Waals surface area contributed by atoms with Crippen molar-refractivity contribution in [2.75, 3.05) is 6.61 Å². The molecule has 0 spiro atoms. The van der Waals surface area contributed by atoms with Gasteiger partial charge in [-0.2, -0.15) is 0 Å². The molecule has 0 aliphatic heterocycles. The monoisotopic (exact) mass is 324 g/mol. The molecule has 3 N–H and O–H groups in total. The van der Waals surface area contributed by atoms with Crippen molar-refractivity contribution in [1.82, 2.24) is 0 Å². The fraction of sp³-hybridized carbons (Fsp3) is 1.00. The van der Waals surface area contributed by atoms with Gasteiger partial charge in [0.05, 0.1) is 18.3 Å². The Morgan fingerprint density at radius 1 is 0.957 bits per heavy atom. The molecule has 3 rings (SSSR count). The van der Waals surface area contributed by atoms with Gasteiger partial charge in [0.1, 0.15) is 0 Å². The van der Waals surface area contributed by atoms with Crippen LogP contribution in [0.1, 0.15) is 79.1 Å². The second-order valence-electron chi connectivity index (χ2n) is 10.2. The molecule has 23 heavy (non-hydrogen) atoms. The Kier molecular flexibility index (Phi) is 4.18. The summed E-state index contributed by atoms with van der Waals surface area (Å²) in [5.74, 6) is 1.04. The number of rotatable bonds is 2. The predicted octanol–water partition coefficient (Wildman–Crippen LogP) is 3.50. The van der Waals surface area contributed by atoms with E-state index in [-0.39, 0.29) is 17.4 Å². The van der Waals surface area contributed by atoms with Gasteiger partial charge in [-0.15, -0.1) is 0 Å². The summed E-state index contributed by atoms with van der Waals surface area (Å²) in [6.07, 6.45) is 7.56. The summed E-state index contributed by atoms with van der Waals surface area (Å²) in [4.78, 5) is 0. The molecule has 0 aromatic carbocycles. The maximum atomic E-state index is 11.6. The van der Waals surface area contributed by atoms with E-state index in [0.29, 0.717) is 23.7 Å². The highest BCUT2D eigenvalue weighted by molar-refractivity contribution is 5.12. The van der Waals surface area contributed by atoms with Crippen molar-refractivity contribution in [3.8, 4) is 0 Å². The third-order valence-corrected chi connectivity index (χ3v) is 8.28. The molecule has 134 valence electrons. The fourth-order valence-electron chi connectivity index (χ4n) is 7.06. The molecule has 3 nitrogen and oxygen atoms in total. The molecular weight excluding hydrogens is 288 g/mol. The molecule has 3 saturated carbocycles. The van der Waals surface area contributed by atoms with Crippen LogP contribution in [-0.2, 0) is 0 Å². The Bertz CT molecular complexity index is 462. The predicted molar refractivity (Wildman–Crippen MR) is 92.0 cm³/mol. The van der Waals surface area contributed by atoms with Crippen LogP contribution < -0.4 is 0 Å². The van der Waals surface area contributed by atoms with Crippen molar-refractivity contribution < 1.29 is 15.3 Å². The Morgan fingerprint density at radius 3 is 2.26 bits per heavy atom. The van der Waals surface area contributed by atoms with E-state index in [1.165, 1.54) is 19.3 Å². The molecule has 0 aromatic heterocycles. The first-order chi connectivity index (χ1) is 10.6. The first kappa shape index (κ1) is 17.7. The maximum Gasteiger partial charge on any atom is 0.0825 e. The van der Waals surface area contributed by atoms with Gasteiger partial charge in [0.25, 0.3) is 0 Å². The lowest BCUT2D eigenvalue weighted by Crippen LogP contribution is -2.62. The van der Waals surface area contributed by atoms with Crippen molar-refractivity contribution in [2.45, 2.75) is 90.8 Å². The van der Waals surface area contributed by atoms with Gasteiger partial charge in [-0.25, -0.2) is 0 Å². The summed E-state index contributed by atoms with van der Waals surface area (Å²) in [5, 5.41) is 31.2. The van der Waals surface area contributed by atoms with E-state index >= 15 is 0 Å². The molecule has 0 saturated heterocycles. The van der Waals surface area contributed by atoms with E-state index in [1.54, 1.807) is 0 Å². The fourth-order valence-corrected chi connectivity index (χ4v) is 7.06. The number of hydrogen-bond acceptors (Lipinski definition) is 3. The molecular formula is C20H36O3. The third-order valence-electron chi connectivity index (χ3n) is 8.28. The van der Waals surface area contributed by atoms with Gasteiger partial charge in [0.15, 0.2) is 0 Å². The third kappa shape index (κ3) is 2.58. The second-order valence-corrected chi connectivity index (χ2v) is 10.2. The minimum atomic E-state index is -0.721. The zero-order chi connectivity index (χ0) is 17.1. The van der Waals surface area contributed by atoms with Gasteiger partial charge >= 0.3 is 0 Å². The van der Waals surface area contributed by atoms with Gasteiger partial charge in [-0.3, -0.25) is 0 Å². The first-order valence-corrected chi connectivity index (χ1v) is 9.59. The highest BCUT2D eigenvalue weighted by Gasteiger charge is 2.62. The average molecular weight is 325 g/mol. The maximum absolute atomic E-state index is 11.6. The molecule has 3 aliphatic carbocycles. The molecule has 3 heteroatoms. The zero-order valence-electron chi connectivity index (χ0n) is 15.4. The first-order valence-electron chi connectivity index (χ1n) is 9.59. The van der Waals surface area contributed by atoms with E-state index in [2.05, 4.69) is 20.8 Å². The van der Waals surface area contributed by atoms with Crippen LogP contribution in [0, 0.1) is 28.1 Å². The molecule has 0 aromatic rings. The number of hydrogen-bond donors (Lipinski definition) is 3. The van der Waals surface area contributed by atoms with Crippen LogP contribution in [0.3, 0.4) is 0 Å². The van der Waals surface area contributed by atoms with Crippen LogP contribution in [-0.4, -0.2) is 33.6 Å². The second kappa shape index (κ2) is 5.44. The molecule has 0 heterocycles. The van der Waals surface area contributed by atoms with Crippen molar-refractivity contribution in [2.24, 2.45) is 28.1 Å². The number of aliphatic hydroxyl groups excluding tert-OH is 2. The van der Waals surface area contributed by atoms with E-state index in [9.17, 15) is 15.3 Å². The van der Waals surface area contributed by atoms with Crippen LogP contribution in [0.25, 0.3) is 0 Å². The van der Waals surface area contributed by atoms with Gasteiger partial charge in [0.2, 0.25) is 0 Å². The summed E-state index contributed by atoms with van der Waals surface area (Å²) in [6.45, 7) is 9.10. The van der Waals surface area contributed by atoms with E-state index in [4.69, 9.17) is 0 Å². The summed E-state index contributed by atoms with van der Waals surface area (Å²) < 4.78 is 0. The Morgan fingerprint density at radius 2 is 1.61 bits per heavy atom. The SMILES string of the molecule is CC1(C)CCC[C@]2(C)[C@@H]1CC[C@]1(O)C[C@](C)([C@@H](O)CO)CC[C@H]12. The highest BCUT2D eigenvalue weighted by Crippen LogP contribution is 2.66. The van der Waals surface area contributed by atoms with Crippen LogP contribution in [0.4, 0.5) is 0 Å². The lowest BCUT2D eigenvalue weighted by atomic mass is 9.42. The zero-order valence-corrected chi connectivity index (χ0v) is 15.4. The van der Waals surface area contributed by atoms with Gasteiger partial charge in [0, 0.05) is 0 Å². The Balaban J connectivity index is 1.90. The minimum Gasteiger partial charge on any atom is -0.394 e. The lowest BCUT2D eigenvalue weighted by molar-refractivity contribution is -0.219. The average Bonchev–Trinajstić information content (AvgIpc) is 2.44. The van der Waals surface area contributed by atoms with Gasteiger partial charge < -0.3 is 15.3 Å². The molecule has 0 radical (unpaired) electrons. The minimum absolute atomic E-state index is 0.204. The molecule has 6 atom stereocenters. The summed E-state index contributed by atoms with van der Waals surface area (Å²) >= 11 is 0. The number of aliphatic hydroxyl groups is 3. The normalized spacial score (nSPS) is 50.7. The van der Waals surface area contributed by atoms with Gasteiger partial charge in [-0.05, 0) is 73.0 Å². The van der Waals surface area contributed by atoms with Crippen LogP contribution in [0.5, 0.6) is 0 Å². The Hall–Kier alpha value is -0.120. The largest absolute Gasteiger partial charge is 0.394 e. The topological polar surface area (TPSA) is 60.7 Å². The van der Waals surface area contributed by atoms with Crippen molar-refractivity contribution >= 4 is 0 Å². The summed E-state index contributed by atoms with van der Waals surface area (Å²) in [6, 6.07) is 0. The van der Waals surface area contributed by atoms with Gasteiger partial charge in [-0.1, -0.05) is 34.1 Å².